The highest BCUT2D eigenvalue weighted by Gasteiger charge is 2.10. The third-order valence-electron chi connectivity index (χ3n) is 2.79. The number of nitrogens with one attached hydrogen (secondary N) is 1. The average molecular weight is 308 g/mol. The van der Waals surface area contributed by atoms with Gasteiger partial charge in [0.25, 0.3) is 0 Å². The van der Waals surface area contributed by atoms with Crippen molar-refractivity contribution < 1.29 is 0 Å². The molecule has 0 atom stereocenters. The van der Waals surface area contributed by atoms with Gasteiger partial charge in [0.15, 0.2) is 5.16 Å². The molecule has 1 heterocycles. The Balaban J connectivity index is 2.30. The zero-order valence-corrected chi connectivity index (χ0v) is 13.5. The fraction of sp³-hybridized carbons (Fsp3) is 0.333. The van der Waals surface area contributed by atoms with Gasteiger partial charge in [-0.1, -0.05) is 24.6 Å². The monoisotopic (exact) mass is 307 g/mol. The average Bonchev–Trinajstić information content (AvgIpc) is 2.37. The molecule has 20 heavy (non-hydrogen) atoms. The summed E-state index contributed by atoms with van der Waals surface area (Å²) in [5.74, 6) is 0. The summed E-state index contributed by atoms with van der Waals surface area (Å²) >= 11 is 7.86. The summed E-state index contributed by atoms with van der Waals surface area (Å²) in [4.78, 5) is 10.0. The van der Waals surface area contributed by atoms with Crippen molar-refractivity contribution in [2.24, 2.45) is 0 Å². The van der Waals surface area contributed by atoms with E-state index in [1.54, 1.807) is 11.8 Å². The molecule has 2 aromatic rings. The number of benzene rings is 1. The molecular weight excluding hydrogens is 290 g/mol. The van der Waals surface area contributed by atoms with Gasteiger partial charge in [0.2, 0.25) is 0 Å². The van der Waals surface area contributed by atoms with Crippen molar-refractivity contribution >= 4 is 23.4 Å². The molecule has 0 saturated heterocycles. The standard InChI is InChI=1S/C15H18ClN3S/c1-4-17-9-12-13(16)6-5-7-14(12)20-15-18-10(2)8-11(3)19-15/h5-8,17H,4,9H2,1-3H3. The van der Waals surface area contributed by atoms with Gasteiger partial charge in [0, 0.05) is 27.9 Å². The summed E-state index contributed by atoms with van der Waals surface area (Å²) in [6, 6.07) is 7.91. The molecule has 106 valence electrons. The third kappa shape index (κ3) is 3.95. The predicted octanol–water partition coefficient (Wildman–Crippen LogP) is 4.01. The van der Waals surface area contributed by atoms with Crippen LogP contribution in [0.3, 0.4) is 0 Å². The normalized spacial score (nSPS) is 10.8. The van der Waals surface area contributed by atoms with E-state index in [0.717, 1.165) is 45.1 Å². The molecule has 0 spiro atoms. The van der Waals surface area contributed by atoms with Crippen LogP contribution in [0, 0.1) is 13.8 Å². The zero-order chi connectivity index (χ0) is 14.5. The van der Waals surface area contributed by atoms with Crippen molar-refractivity contribution in [1.29, 1.82) is 0 Å². The van der Waals surface area contributed by atoms with Gasteiger partial charge in [-0.2, -0.15) is 0 Å². The maximum atomic E-state index is 6.30. The Kier molecular flexibility index (Phi) is 5.40. The summed E-state index contributed by atoms with van der Waals surface area (Å²) in [7, 11) is 0. The Morgan fingerprint density at radius 2 is 1.90 bits per heavy atom. The quantitative estimate of drug-likeness (QED) is 0.847. The molecule has 5 heteroatoms. The Hall–Kier alpha value is -1.10. The summed E-state index contributed by atoms with van der Waals surface area (Å²) < 4.78 is 0. The van der Waals surface area contributed by atoms with Crippen molar-refractivity contribution in [3.05, 3.63) is 46.2 Å². The maximum Gasteiger partial charge on any atom is 0.192 e. The summed E-state index contributed by atoms with van der Waals surface area (Å²) in [6.07, 6.45) is 0. The van der Waals surface area contributed by atoms with Gasteiger partial charge in [-0.3, -0.25) is 0 Å². The van der Waals surface area contributed by atoms with Crippen LogP contribution in [0.1, 0.15) is 23.9 Å². The first-order valence-corrected chi connectivity index (χ1v) is 7.78. The Labute approximate surface area is 129 Å². The van der Waals surface area contributed by atoms with Gasteiger partial charge in [-0.15, -0.1) is 0 Å². The molecule has 0 aliphatic heterocycles. The molecule has 0 aliphatic rings. The van der Waals surface area contributed by atoms with Crippen LogP contribution in [0.2, 0.25) is 5.02 Å². The first kappa shape index (κ1) is 15.3. The van der Waals surface area contributed by atoms with Crippen molar-refractivity contribution in [2.75, 3.05) is 6.54 Å². The highest BCUT2D eigenvalue weighted by Crippen LogP contribution is 2.32. The highest BCUT2D eigenvalue weighted by molar-refractivity contribution is 7.99. The van der Waals surface area contributed by atoms with Crippen LogP contribution < -0.4 is 5.32 Å². The minimum atomic E-state index is 0.753. The van der Waals surface area contributed by atoms with Crippen LogP contribution in [0.25, 0.3) is 0 Å². The van der Waals surface area contributed by atoms with Crippen molar-refractivity contribution in [1.82, 2.24) is 15.3 Å². The van der Waals surface area contributed by atoms with Crippen molar-refractivity contribution in [3.63, 3.8) is 0 Å². The van der Waals surface area contributed by atoms with E-state index < -0.39 is 0 Å². The maximum absolute atomic E-state index is 6.30. The first-order chi connectivity index (χ1) is 9.60. The minimum absolute atomic E-state index is 0.753. The van der Waals surface area contributed by atoms with Crippen LogP contribution in [0.5, 0.6) is 0 Å². The van der Waals surface area contributed by atoms with Crippen LogP contribution >= 0.6 is 23.4 Å². The molecule has 0 bridgehead atoms. The van der Waals surface area contributed by atoms with Gasteiger partial charge in [-0.25, -0.2) is 9.97 Å². The Morgan fingerprint density at radius 3 is 2.55 bits per heavy atom. The molecule has 0 fully saturated rings. The Morgan fingerprint density at radius 1 is 1.20 bits per heavy atom. The fourth-order valence-electron chi connectivity index (χ4n) is 1.89. The second-order valence-electron chi connectivity index (χ2n) is 4.53. The molecule has 1 aromatic carbocycles. The molecule has 0 saturated carbocycles. The Bertz CT molecular complexity index is 581. The predicted molar refractivity (Wildman–Crippen MR) is 84.5 cm³/mol. The molecule has 1 aromatic heterocycles. The number of aromatic nitrogens is 2. The minimum Gasteiger partial charge on any atom is -0.313 e. The van der Waals surface area contributed by atoms with Crippen molar-refractivity contribution in [2.45, 2.75) is 37.4 Å². The van der Waals surface area contributed by atoms with Crippen LogP contribution in [0.4, 0.5) is 0 Å². The van der Waals surface area contributed by atoms with Gasteiger partial charge < -0.3 is 5.32 Å². The lowest BCUT2D eigenvalue weighted by Gasteiger charge is -2.11. The van der Waals surface area contributed by atoms with E-state index in [4.69, 9.17) is 11.6 Å². The van der Waals surface area contributed by atoms with E-state index in [-0.39, 0.29) is 0 Å². The van der Waals surface area contributed by atoms with Crippen LogP contribution in [-0.2, 0) is 6.54 Å². The van der Waals surface area contributed by atoms with Crippen LogP contribution in [-0.4, -0.2) is 16.5 Å². The smallest absolute Gasteiger partial charge is 0.192 e. The second-order valence-corrected chi connectivity index (χ2v) is 5.95. The molecule has 0 radical (unpaired) electrons. The number of hydrogen-bond donors (Lipinski definition) is 1. The SMILES string of the molecule is CCNCc1c(Cl)cccc1Sc1nc(C)cc(C)n1. The zero-order valence-electron chi connectivity index (χ0n) is 11.9. The lowest BCUT2D eigenvalue weighted by Crippen LogP contribution is -2.12. The number of rotatable bonds is 5. The van der Waals surface area contributed by atoms with E-state index in [1.807, 2.05) is 32.0 Å². The largest absolute Gasteiger partial charge is 0.313 e. The lowest BCUT2D eigenvalue weighted by atomic mass is 10.2. The molecule has 0 unspecified atom stereocenters. The number of halogens is 1. The highest BCUT2D eigenvalue weighted by atomic mass is 35.5. The third-order valence-corrected chi connectivity index (χ3v) is 4.11. The lowest BCUT2D eigenvalue weighted by molar-refractivity contribution is 0.718. The number of hydrogen-bond acceptors (Lipinski definition) is 4. The van der Waals surface area contributed by atoms with E-state index in [1.165, 1.54) is 0 Å². The molecular formula is C15H18ClN3S. The summed E-state index contributed by atoms with van der Waals surface area (Å²) in [6.45, 7) is 7.71. The van der Waals surface area contributed by atoms with Gasteiger partial charge in [-0.05, 0) is 55.9 Å². The topological polar surface area (TPSA) is 37.8 Å². The van der Waals surface area contributed by atoms with Gasteiger partial charge >= 0.3 is 0 Å². The fourth-order valence-corrected chi connectivity index (χ4v) is 3.22. The first-order valence-electron chi connectivity index (χ1n) is 6.58. The number of nitrogens with zero attached hydrogens (tertiary/aromatic N) is 2. The summed E-state index contributed by atoms with van der Waals surface area (Å²) in [5.41, 5.74) is 3.06. The summed E-state index contributed by atoms with van der Waals surface area (Å²) in [5, 5.41) is 4.86. The molecule has 1 N–H and O–H groups in total. The number of aryl methyl sites for hydroxylation is 2. The van der Waals surface area contributed by atoms with E-state index in [9.17, 15) is 0 Å². The van der Waals surface area contributed by atoms with E-state index >= 15 is 0 Å². The molecule has 0 aliphatic carbocycles. The van der Waals surface area contributed by atoms with Crippen molar-refractivity contribution in [3.8, 4) is 0 Å². The molecule has 0 amide bonds. The second kappa shape index (κ2) is 7.07. The van der Waals surface area contributed by atoms with E-state index in [2.05, 4.69) is 28.3 Å². The van der Waals surface area contributed by atoms with E-state index in [0.29, 0.717) is 0 Å². The molecule has 3 nitrogen and oxygen atoms in total. The van der Waals surface area contributed by atoms with Crippen LogP contribution in [0.15, 0.2) is 34.3 Å². The van der Waals surface area contributed by atoms with Gasteiger partial charge in [0.05, 0.1) is 0 Å². The molecule has 2 rings (SSSR count). The van der Waals surface area contributed by atoms with Gasteiger partial charge in [0.1, 0.15) is 0 Å².